The lowest BCUT2D eigenvalue weighted by atomic mass is 10.0. The molecule has 1 saturated heterocycles. The Morgan fingerprint density at radius 1 is 1.50 bits per heavy atom. The summed E-state index contributed by atoms with van der Waals surface area (Å²) < 4.78 is 17.7. The summed E-state index contributed by atoms with van der Waals surface area (Å²) in [4.78, 5) is 24.7. The van der Waals surface area contributed by atoms with Gasteiger partial charge in [-0.25, -0.2) is 9.18 Å². The van der Waals surface area contributed by atoms with Gasteiger partial charge in [-0.1, -0.05) is 12.1 Å². The third-order valence-corrected chi connectivity index (χ3v) is 3.36. The van der Waals surface area contributed by atoms with Gasteiger partial charge >= 0.3 is 12.0 Å². The normalized spacial score (nSPS) is 17.9. The number of urea groups is 1. The predicted molar refractivity (Wildman–Crippen MR) is 70.5 cm³/mol. The van der Waals surface area contributed by atoms with Crippen LogP contribution in [0.5, 0.6) is 0 Å². The SMILES string of the molecule is COC(=O)CNC(=O)N1CCC[C@@H]1c1cccc(F)c1. The van der Waals surface area contributed by atoms with Crippen LogP contribution in [0.4, 0.5) is 9.18 Å². The Balaban J connectivity index is 2.03. The number of carbonyl (C=O) groups excluding carboxylic acids is 2. The zero-order chi connectivity index (χ0) is 14.5. The largest absolute Gasteiger partial charge is 0.468 e. The Bertz CT molecular complexity index is 507. The van der Waals surface area contributed by atoms with E-state index in [1.54, 1.807) is 17.0 Å². The van der Waals surface area contributed by atoms with Crippen LogP contribution >= 0.6 is 0 Å². The van der Waals surface area contributed by atoms with Crippen LogP contribution in [0, 0.1) is 5.82 Å². The summed E-state index contributed by atoms with van der Waals surface area (Å²) in [5, 5.41) is 2.51. The fourth-order valence-electron chi connectivity index (χ4n) is 2.39. The Morgan fingerprint density at radius 3 is 3.00 bits per heavy atom. The maximum atomic E-state index is 13.3. The topological polar surface area (TPSA) is 58.6 Å². The summed E-state index contributed by atoms with van der Waals surface area (Å²) in [6.07, 6.45) is 1.64. The van der Waals surface area contributed by atoms with Gasteiger partial charge in [0.15, 0.2) is 0 Å². The van der Waals surface area contributed by atoms with Crippen molar-refractivity contribution in [3.05, 3.63) is 35.6 Å². The van der Waals surface area contributed by atoms with Crippen LogP contribution in [0.2, 0.25) is 0 Å². The van der Waals surface area contributed by atoms with Crippen molar-refractivity contribution in [1.29, 1.82) is 0 Å². The standard InChI is InChI=1S/C14H17FN2O3/c1-20-13(18)9-16-14(19)17-7-3-6-12(17)10-4-2-5-11(15)8-10/h2,4-5,8,12H,3,6-7,9H2,1H3,(H,16,19)/t12-/m1/s1. The summed E-state index contributed by atoms with van der Waals surface area (Å²) in [6, 6.07) is 5.77. The molecule has 1 N–H and O–H groups in total. The number of hydrogen-bond acceptors (Lipinski definition) is 3. The molecule has 1 atom stereocenters. The number of carbonyl (C=O) groups is 2. The van der Waals surface area contributed by atoms with E-state index < -0.39 is 5.97 Å². The second-order valence-corrected chi connectivity index (χ2v) is 4.64. The minimum absolute atomic E-state index is 0.150. The first kappa shape index (κ1) is 14.3. The first-order chi connectivity index (χ1) is 9.61. The van der Waals surface area contributed by atoms with E-state index in [9.17, 15) is 14.0 Å². The van der Waals surface area contributed by atoms with Gasteiger partial charge in [-0.3, -0.25) is 4.79 Å². The van der Waals surface area contributed by atoms with E-state index in [1.165, 1.54) is 19.2 Å². The molecule has 0 spiro atoms. The number of nitrogens with zero attached hydrogens (tertiary/aromatic N) is 1. The summed E-state index contributed by atoms with van der Waals surface area (Å²) in [5.74, 6) is -0.816. The summed E-state index contributed by atoms with van der Waals surface area (Å²) in [7, 11) is 1.26. The van der Waals surface area contributed by atoms with Crippen molar-refractivity contribution in [3.8, 4) is 0 Å². The van der Waals surface area contributed by atoms with Crippen molar-refractivity contribution >= 4 is 12.0 Å². The first-order valence-electron chi connectivity index (χ1n) is 6.48. The van der Waals surface area contributed by atoms with E-state index in [0.29, 0.717) is 6.54 Å². The summed E-state index contributed by atoms with van der Waals surface area (Å²) in [5.41, 5.74) is 0.774. The Hall–Kier alpha value is -2.11. The molecule has 2 amide bonds. The molecule has 0 unspecified atom stereocenters. The molecule has 0 saturated carbocycles. The number of amides is 2. The molecule has 2 rings (SSSR count). The molecule has 108 valence electrons. The zero-order valence-corrected chi connectivity index (χ0v) is 11.3. The van der Waals surface area contributed by atoms with Gasteiger partial charge in [0.2, 0.25) is 0 Å². The molecule has 6 heteroatoms. The van der Waals surface area contributed by atoms with Gasteiger partial charge in [0, 0.05) is 6.54 Å². The van der Waals surface area contributed by atoms with E-state index in [2.05, 4.69) is 10.1 Å². The maximum Gasteiger partial charge on any atom is 0.325 e. The van der Waals surface area contributed by atoms with E-state index in [4.69, 9.17) is 0 Å². The molecule has 0 radical (unpaired) electrons. The zero-order valence-electron chi connectivity index (χ0n) is 11.3. The Kier molecular flexibility index (Phi) is 4.55. The molecule has 1 fully saturated rings. The molecular weight excluding hydrogens is 263 g/mol. The van der Waals surface area contributed by atoms with E-state index in [-0.39, 0.29) is 24.4 Å². The number of halogens is 1. The van der Waals surface area contributed by atoms with Gasteiger partial charge in [-0.2, -0.15) is 0 Å². The molecule has 1 aromatic carbocycles. The predicted octanol–water partition coefficient (Wildman–Crippen LogP) is 1.85. The smallest absolute Gasteiger partial charge is 0.325 e. The number of esters is 1. The highest BCUT2D eigenvalue weighted by molar-refractivity contribution is 5.81. The number of ether oxygens (including phenoxy) is 1. The van der Waals surface area contributed by atoms with Crippen molar-refractivity contribution < 1.29 is 18.7 Å². The lowest BCUT2D eigenvalue weighted by Crippen LogP contribution is -2.41. The second kappa shape index (κ2) is 6.36. The lowest BCUT2D eigenvalue weighted by Gasteiger charge is -2.25. The molecule has 1 aliphatic heterocycles. The second-order valence-electron chi connectivity index (χ2n) is 4.64. The molecule has 0 aliphatic carbocycles. The Morgan fingerprint density at radius 2 is 2.30 bits per heavy atom. The van der Waals surface area contributed by atoms with Crippen LogP contribution in [0.25, 0.3) is 0 Å². The van der Waals surface area contributed by atoms with Crippen LogP contribution in [0.15, 0.2) is 24.3 Å². The van der Waals surface area contributed by atoms with Gasteiger partial charge in [0.1, 0.15) is 12.4 Å². The lowest BCUT2D eigenvalue weighted by molar-refractivity contribution is -0.139. The van der Waals surface area contributed by atoms with Crippen LogP contribution in [-0.4, -0.2) is 37.1 Å². The molecule has 1 heterocycles. The fourth-order valence-corrected chi connectivity index (χ4v) is 2.39. The van der Waals surface area contributed by atoms with Crippen molar-refractivity contribution in [2.75, 3.05) is 20.2 Å². The van der Waals surface area contributed by atoms with Gasteiger partial charge in [-0.15, -0.1) is 0 Å². The summed E-state index contributed by atoms with van der Waals surface area (Å²) >= 11 is 0. The third-order valence-electron chi connectivity index (χ3n) is 3.36. The van der Waals surface area contributed by atoms with Crippen molar-refractivity contribution in [1.82, 2.24) is 10.2 Å². The quantitative estimate of drug-likeness (QED) is 0.860. The third kappa shape index (κ3) is 3.26. The average molecular weight is 280 g/mol. The van der Waals surface area contributed by atoms with Crippen LogP contribution in [0.3, 0.4) is 0 Å². The van der Waals surface area contributed by atoms with Crippen LogP contribution in [0.1, 0.15) is 24.4 Å². The van der Waals surface area contributed by atoms with Gasteiger partial charge in [-0.05, 0) is 30.5 Å². The number of nitrogens with one attached hydrogen (secondary N) is 1. The van der Waals surface area contributed by atoms with Crippen molar-refractivity contribution in [2.24, 2.45) is 0 Å². The van der Waals surface area contributed by atoms with Gasteiger partial charge in [0.25, 0.3) is 0 Å². The average Bonchev–Trinajstić information content (AvgIpc) is 2.93. The number of rotatable bonds is 3. The summed E-state index contributed by atoms with van der Waals surface area (Å²) in [6.45, 7) is 0.426. The molecule has 20 heavy (non-hydrogen) atoms. The number of likely N-dealkylation sites (tertiary alicyclic amines) is 1. The van der Waals surface area contributed by atoms with Crippen LogP contribution < -0.4 is 5.32 Å². The first-order valence-corrected chi connectivity index (χ1v) is 6.48. The van der Waals surface area contributed by atoms with E-state index in [1.807, 2.05) is 0 Å². The number of benzene rings is 1. The number of hydrogen-bond donors (Lipinski definition) is 1. The highest BCUT2D eigenvalue weighted by Gasteiger charge is 2.30. The highest BCUT2D eigenvalue weighted by Crippen LogP contribution is 2.31. The van der Waals surface area contributed by atoms with Gasteiger partial charge in [0.05, 0.1) is 13.2 Å². The van der Waals surface area contributed by atoms with Crippen molar-refractivity contribution in [3.63, 3.8) is 0 Å². The van der Waals surface area contributed by atoms with E-state index >= 15 is 0 Å². The molecule has 1 aromatic rings. The molecule has 0 bridgehead atoms. The van der Waals surface area contributed by atoms with Gasteiger partial charge < -0.3 is 15.0 Å². The number of methoxy groups -OCH3 is 1. The maximum absolute atomic E-state index is 13.3. The van der Waals surface area contributed by atoms with Crippen LogP contribution in [-0.2, 0) is 9.53 Å². The Labute approximate surface area is 116 Å². The fraction of sp³-hybridized carbons (Fsp3) is 0.429. The van der Waals surface area contributed by atoms with E-state index in [0.717, 1.165) is 18.4 Å². The minimum Gasteiger partial charge on any atom is -0.468 e. The highest BCUT2D eigenvalue weighted by atomic mass is 19.1. The van der Waals surface area contributed by atoms with Crippen molar-refractivity contribution in [2.45, 2.75) is 18.9 Å². The molecular formula is C14H17FN2O3. The molecule has 0 aromatic heterocycles. The monoisotopic (exact) mass is 280 g/mol. The molecule has 5 nitrogen and oxygen atoms in total. The molecule has 1 aliphatic rings. The minimum atomic E-state index is -0.500.